The van der Waals surface area contributed by atoms with Crippen molar-refractivity contribution < 1.29 is 14.3 Å². The molecule has 4 aromatic rings. The van der Waals surface area contributed by atoms with Crippen molar-refractivity contribution in [3.05, 3.63) is 102 Å². The van der Waals surface area contributed by atoms with Crippen LogP contribution in [0, 0.1) is 0 Å². The van der Waals surface area contributed by atoms with Crippen LogP contribution in [0.25, 0.3) is 11.3 Å². The lowest BCUT2D eigenvalue weighted by Gasteiger charge is -2.27. The van der Waals surface area contributed by atoms with E-state index in [2.05, 4.69) is 5.32 Å². The van der Waals surface area contributed by atoms with Crippen molar-refractivity contribution in [3.63, 3.8) is 0 Å². The van der Waals surface area contributed by atoms with Gasteiger partial charge in [-0.25, -0.2) is 4.68 Å². The second-order valence-corrected chi connectivity index (χ2v) is 8.87. The lowest BCUT2D eigenvalue weighted by atomic mass is 10.1. The highest BCUT2D eigenvalue weighted by atomic mass is 16.5. The van der Waals surface area contributed by atoms with Crippen LogP contribution in [0.1, 0.15) is 40.9 Å². The molecule has 2 amide bonds. The van der Waals surface area contributed by atoms with Crippen LogP contribution in [0.2, 0.25) is 0 Å². The molecular formula is C29H28N4O3. The number of amides is 2. The number of methoxy groups -OCH3 is 1. The molecule has 0 fully saturated rings. The molecule has 1 aliphatic rings. The minimum atomic E-state index is -0.130. The van der Waals surface area contributed by atoms with Gasteiger partial charge in [-0.15, -0.1) is 0 Å². The highest BCUT2D eigenvalue weighted by Gasteiger charge is 2.26. The van der Waals surface area contributed by atoms with Gasteiger partial charge < -0.3 is 10.1 Å². The Labute approximate surface area is 210 Å². The lowest BCUT2D eigenvalue weighted by molar-refractivity contribution is -0.119. The van der Waals surface area contributed by atoms with Crippen molar-refractivity contribution in [1.29, 1.82) is 0 Å². The molecule has 0 saturated heterocycles. The van der Waals surface area contributed by atoms with E-state index in [1.165, 1.54) is 0 Å². The molecule has 36 heavy (non-hydrogen) atoms. The first-order valence-corrected chi connectivity index (χ1v) is 12.0. The van der Waals surface area contributed by atoms with Crippen LogP contribution in [-0.4, -0.2) is 28.7 Å². The molecule has 1 aliphatic heterocycles. The second kappa shape index (κ2) is 10.1. The summed E-state index contributed by atoms with van der Waals surface area (Å²) in [4.78, 5) is 27.3. The summed E-state index contributed by atoms with van der Waals surface area (Å²) in [6.07, 6.45) is 0.397. The third-order valence-corrected chi connectivity index (χ3v) is 6.46. The van der Waals surface area contributed by atoms with Gasteiger partial charge in [0.15, 0.2) is 0 Å². The summed E-state index contributed by atoms with van der Waals surface area (Å²) < 4.78 is 7.13. The third-order valence-electron chi connectivity index (χ3n) is 6.46. The molecule has 5 rings (SSSR count). The predicted molar refractivity (Wildman–Crippen MR) is 139 cm³/mol. The molecule has 1 N–H and O–H groups in total. The van der Waals surface area contributed by atoms with Crippen molar-refractivity contribution in [2.45, 2.75) is 32.5 Å². The molecule has 0 unspecified atom stereocenters. The fourth-order valence-corrected chi connectivity index (χ4v) is 4.37. The van der Waals surface area contributed by atoms with E-state index in [1.54, 1.807) is 24.1 Å². The molecule has 7 heteroatoms. The summed E-state index contributed by atoms with van der Waals surface area (Å²) >= 11 is 0. The largest absolute Gasteiger partial charge is 0.497 e. The smallest absolute Gasteiger partial charge is 0.251 e. The number of fused-ring (bicyclic) bond motifs is 1. The maximum atomic E-state index is 12.8. The van der Waals surface area contributed by atoms with E-state index in [9.17, 15) is 9.59 Å². The molecule has 0 saturated carbocycles. The quantitative estimate of drug-likeness (QED) is 0.405. The normalized spacial score (nSPS) is 13.7. The SMILES string of the molecule is COc1ccc(-c2cc3n(n2)CCC(=O)N3Cc2ccc(C(=O)N[C@@H](C)c3ccccc3)cc2)cc1. The minimum Gasteiger partial charge on any atom is -0.497 e. The lowest BCUT2D eigenvalue weighted by Crippen LogP contribution is -2.36. The Morgan fingerprint density at radius 1 is 1.03 bits per heavy atom. The van der Waals surface area contributed by atoms with Crippen molar-refractivity contribution in [2.24, 2.45) is 0 Å². The molecule has 182 valence electrons. The Morgan fingerprint density at radius 2 is 1.75 bits per heavy atom. The van der Waals surface area contributed by atoms with E-state index in [0.717, 1.165) is 34.0 Å². The number of rotatable bonds is 7. The van der Waals surface area contributed by atoms with Gasteiger partial charge in [0, 0.05) is 23.6 Å². The van der Waals surface area contributed by atoms with Gasteiger partial charge in [0.1, 0.15) is 11.6 Å². The number of carbonyl (C=O) groups excluding carboxylic acids is 2. The van der Waals surface area contributed by atoms with Crippen molar-refractivity contribution >= 4 is 17.6 Å². The monoisotopic (exact) mass is 480 g/mol. The van der Waals surface area contributed by atoms with Gasteiger partial charge in [-0.2, -0.15) is 5.10 Å². The molecule has 0 aliphatic carbocycles. The summed E-state index contributed by atoms with van der Waals surface area (Å²) in [6, 6.07) is 26.8. The summed E-state index contributed by atoms with van der Waals surface area (Å²) in [7, 11) is 1.64. The number of aryl methyl sites for hydroxylation is 1. The average molecular weight is 481 g/mol. The zero-order valence-corrected chi connectivity index (χ0v) is 20.3. The molecule has 0 radical (unpaired) electrons. The number of hydrogen-bond donors (Lipinski definition) is 1. The fourth-order valence-electron chi connectivity index (χ4n) is 4.37. The van der Waals surface area contributed by atoms with Crippen LogP contribution in [0.3, 0.4) is 0 Å². The van der Waals surface area contributed by atoms with Gasteiger partial charge >= 0.3 is 0 Å². The predicted octanol–water partition coefficient (Wildman–Crippen LogP) is 4.99. The van der Waals surface area contributed by atoms with Crippen LogP contribution in [0.15, 0.2) is 84.9 Å². The number of nitrogens with zero attached hydrogens (tertiary/aromatic N) is 3. The van der Waals surface area contributed by atoms with Crippen LogP contribution < -0.4 is 15.0 Å². The van der Waals surface area contributed by atoms with Crippen molar-refractivity contribution in [2.75, 3.05) is 12.0 Å². The van der Waals surface area contributed by atoms with Gasteiger partial charge in [-0.1, -0.05) is 42.5 Å². The maximum Gasteiger partial charge on any atom is 0.251 e. The summed E-state index contributed by atoms with van der Waals surface area (Å²) in [5.74, 6) is 1.48. The molecule has 1 atom stereocenters. The van der Waals surface area contributed by atoms with Crippen LogP contribution in [-0.2, 0) is 17.9 Å². The maximum absolute atomic E-state index is 12.8. The number of benzene rings is 3. The molecule has 3 aromatic carbocycles. The first kappa shape index (κ1) is 23.4. The van der Waals surface area contributed by atoms with Gasteiger partial charge in [0.05, 0.1) is 31.9 Å². The third kappa shape index (κ3) is 4.86. The van der Waals surface area contributed by atoms with Gasteiger partial charge in [-0.3, -0.25) is 14.5 Å². The van der Waals surface area contributed by atoms with Crippen LogP contribution in [0.5, 0.6) is 5.75 Å². The summed E-state index contributed by atoms with van der Waals surface area (Å²) in [5.41, 5.74) is 4.35. The first-order chi connectivity index (χ1) is 17.5. The highest BCUT2D eigenvalue weighted by molar-refractivity contribution is 5.95. The molecule has 0 spiro atoms. The molecular weight excluding hydrogens is 452 g/mol. The molecule has 0 bridgehead atoms. The number of nitrogens with one attached hydrogen (secondary N) is 1. The van der Waals surface area contributed by atoms with E-state index >= 15 is 0 Å². The second-order valence-electron chi connectivity index (χ2n) is 8.87. The highest BCUT2D eigenvalue weighted by Crippen LogP contribution is 2.30. The Kier molecular flexibility index (Phi) is 6.54. The van der Waals surface area contributed by atoms with Crippen molar-refractivity contribution in [1.82, 2.24) is 15.1 Å². The molecule has 2 heterocycles. The summed E-state index contributed by atoms with van der Waals surface area (Å²) in [5, 5.41) is 7.76. The molecule has 7 nitrogen and oxygen atoms in total. The first-order valence-electron chi connectivity index (χ1n) is 12.0. The Bertz CT molecular complexity index is 1360. The van der Waals surface area contributed by atoms with Crippen molar-refractivity contribution in [3.8, 4) is 17.0 Å². The number of hydrogen-bond acceptors (Lipinski definition) is 4. The standard InChI is InChI=1S/C29H28N4O3/c1-20(22-6-4-3-5-7-22)30-29(35)24-10-8-21(9-11-24)19-32-27-18-26(31-33(27)17-16-28(32)34)23-12-14-25(36-2)15-13-23/h3-15,18,20H,16-17,19H2,1-2H3,(H,30,35)/t20-/m0/s1. The fraction of sp³-hybridized carbons (Fsp3) is 0.207. The van der Waals surface area contributed by atoms with Gasteiger partial charge in [0.25, 0.3) is 5.91 Å². The van der Waals surface area contributed by atoms with E-state index in [-0.39, 0.29) is 17.9 Å². The minimum absolute atomic E-state index is 0.0576. The Hall–Kier alpha value is -4.39. The van der Waals surface area contributed by atoms with E-state index in [1.807, 2.05) is 84.4 Å². The van der Waals surface area contributed by atoms with E-state index in [4.69, 9.17) is 9.84 Å². The number of anilines is 1. The van der Waals surface area contributed by atoms with E-state index in [0.29, 0.717) is 25.1 Å². The zero-order valence-electron chi connectivity index (χ0n) is 20.3. The number of ether oxygens (including phenoxy) is 1. The Balaban J connectivity index is 1.30. The van der Waals surface area contributed by atoms with Crippen LogP contribution in [0.4, 0.5) is 5.82 Å². The topological polar surface area (TPSA) is 76.5 Å². The number of aromatic nitrogens is 2. The van der Waals surface area contributed by atoms with Crippen LogP contribution >= 0.6 is 0 Å². The molecule has 1 aromatic heterocycles. The average Bonchev–Trinajstić information content (AvgIpc) is 3.36. The summed E-state index contributed by atoms with van der Waals surface area (Å²) in [6.45, 7) is 2.93. The van der Waals surface area contributed by atoms with Gasteiger partial charge in [0.2, 0.25) is 5.91 Å². The Morgan fingerprint density at radius 3 is 2.44 bits per heavy atom. The van der Waals surface area contributed by atoms with Gasteiger partial charge in [-0.05, 0) is 54.4 Å². The van der Waals surface area contributed by atoms with E-state index < -0.39 is 0 Å². The number of carbonyl (C=O) groups is 2. The zero-order chi connectivity index (χ0) is 25.1.